The molecule has 32 heavy (non-hydrogen) atoms. The Morgan fingerprint density at radius 1 is 1.03 bits per heavy atom. The topological polar surface area (TPSA) is 57.7 Å². The molecule has 0 aliphatic carbocycles. The Morgan fingerprint density at radius 2 is 1.59 bits per heavy atom. The maximum absolute atomic E-state index is 13.3. The van der Waals surface area contributed by atoms with E-state index in [2.05, 4.69) is 6.92 Å². The lowest BCUT2D eigenvalue weighted by molar-refractivity contribution is -0.140. The molecule has 0 saturated carbocycles. The van der Waals surface area contributed by atoms with Crippen LogP contribution in [0.1, 0.15) is 36.5 Å². The zero-order chi connectivity index (χ0) is 23.5. The van der Waals surface area contributed by atoms with Crippen molar-refractivity contribution < 1.29 is 26.4 Å². The number of aryl methyl sites for hydroxylation is 1. The fraction of sp³-hybridized carbons (Fsp3) is 0.435. The van der Waals surface area contributed by atoms with Gasteiger partial charge in [0.05, 0.1) is 10.5 Å². The molecule has 1 saturated heterocycles. The van der Waals surface area contributed by atoms with E-state index in [0.717, 1.165) is 28.4 Å². The molecule has 2 aromatic carbocycles. The smallest absolute Gasteiger partial charge is 0.341 e. The molecule has 1 aliphatic heterocycles. The summed E-state index contributed by atoms with van der Waals surface area (Å²) >= 11 is 0. The van der Waals surface area contributed by atoms with Gasteiger partial charge in [0, 0.05) is 32.6 Å². The Labute approximate surface area is 186 Å². The number of hydrogen-bond donors (Lipinski definition) is 0. The third-order valence-corrected chi connectivity index (χ3v) is 7.80. The zero-order valence-corrected chi connectivity index (χ0v) is 18.9. The first-order valence-corrected chi connectivity index (χ1v) is 12.0. The number of piperidine rings is 1. The van der Waals surface area contributed by atoms with E-state index in [-0.39, 0.29) is 37.8 Å². The van der Waals surface area contributed by atoms with E-state index in [9.17, 15) is 26.4 Å². The third kappa shape index (κ3) is 5.32. The molecule has 0 bridgehead atoms. The van der Waals surface area contributed by atoms with Crippen molar-refractivity contribution in [3.8, 4) is 0 Å². The lowest BCUT2D eigenvalue weighted by Gasteiger charge is -2.33. The van der Waals surface area contributed by atoms with Crippen LogP contribution in [-0.2, 0) is 34.0 Å². The van der Waals surface area contributed by atoms with Crippen molar-refractivity contribution >= 4 is 15.9 Å². The van der Waals surface area contributed by atoms with Crippen LogP contribution in [0.3, 0.4) is 0 Å². The summed E-state index contributed by atoms with van der Waals surface area (Å²) in [5, 5.41) is 0. The predicted octanol–water partition coefficient (Wildman–Crippen LogP) is 4.33. The number of alkyl halides is 3. The van der Waals surface area contributed by atoms with Gasteiger partial charge in [0.15, 0.2) is 0 Å². The number of amides is 1. The highest BCUT2D eigenvalue weighted by atomic mass is 32.2. The van der Waals surface area contributed by atoms with E-state index in [0.29, 0.717) is 6.54 Å². The molecule has 0 spiro atoms. The second-order valence-corrected chi connectivity index (χ2v) is 9.94. The second kappa shape index (κ2) is 9.62. The van der Waals surface area contributed by atoms with Gasteiger partial charge in [-0.1, -0.05) is 43.3 Å². The summed E-state index contributed by atoms with van der Waals surface area (Å²) in [6.45, 7) is 2.52. The van der Waals surface area contributed by atoms with Crippen LogP contribution < -0.4 is 0 Å². The summed E-state index contributed by atoms with van der Waals surface area (Å²) in [4.78, 5) is 13.7. The maximum Gasteiger partial charge on any atom is 0.417 e. The van der Waals surface area contributed by atoms with Gasteiger partial charge in [-0.2, -0.15) is 17.5 Å². The molecule has 1 heterocycles. The SMILES string of the molecule is CCc1ccc(CN(C)C(=O)C2CCN(S(=O)(=O)c3ccccc3C(F)(F)F)CC2)cc1. The number of sulfonamides is 1. The minimum atomic E-state index is -4.77. The van der Waals surface area contributed by atoms with Crippen LogP contribution in [-0.4, -0.2) is 43.7 Å². The highest BCUT2D eigenvalue weighted by Crippen LogP contribution is 2.36. The standard InChI is InChI=1S/C23H27F3N2O3S/c1-3-17-8-10-18(11-9-17)16-27(2)22(29)19-12-14-28(15-13-19)32(30,31)21-7-5-4-6-20(21)23(24,25)26/h4-11,19H,3,12-16H2,1-2H3. The molecule has 9 heteroatoms. The monoisotopic (exact) mass is 468 g/mol. The number of carbonyl (C=O) groups excluding carboxylic acids is 1. The summed E-state index contributed by atoms with van der Waals surface area (Å²) in [5.41, 5.74) is 1.04. The molecule has 0 unspecified atom stereocenters. The normalized spacial score (nSPS) is 16.2. The van der Waals surface area contributed by atoms with Crippen molar-refractivity contribution in [3.63, 3.8) is 0 Å². The predicted molar refractivity (Wildman–Crippen MR) is 115 cm³/mol. The van der Waals surface area contributed by atoms with Crippen molar-refractivity contribution in [1.29, 1.82) is 0 Å². The van der Waals surface area contributed by atoms with Crippen LogP contribution in [0.2, 0.25) is 0 Å². The Morgan fingerprint density at radius 3 is 2.16 bits per heavy atom. The fourth-order valence-electron chi connectivity index (χ4n) is 3.95. The maximum atomic E-state index is 13.3. The van der Waals surface area contributed by atoms with E-state index < -0.39 is 26.7 Å². The van der Waals surface area contributed by atoms with Gasteiger partial charge in [0.2, 0.25) is 15.9 Å². The van der Waals surface area contributed by atoms with E-state index in [1.165, 1.54) is 17.7 Å². The van der Waals surface area contributed by atoms with Gasteiger partial charge in [-0.15, -0.1) is 0 Å². The fourth-order valence-corrected chi connectivity index (χ4v) is 5.63. The van der Waals surface area contributed by atoms with E-state index in [1.54, 1.807) is 11.9 Å². The van der Waals surface area contributed by atoms with Gasteiger partial charge in [0.1, 0.15) is 0 Å². The number of nitrogens with zero attached hydrogens (tertiary/aromatic N) is 2. The minimum Gasteiger partial charge on any atom is -0.341 e. The molecule has 5 nitrogen and oxygen atoms in total. The molecule has 1 fully saturated rings. The summed E-state index contributed by atoms with van der Waals surface area (Å²) < 4.78 is 66.7. The highest BCUT2D eigenvalue weighted by molar-refractivity contribution is 7.89. The molecule has 3 rings (SSSR count). The number of benzene rings is 2. The first-order chi connectivity index (χ1) is 15.0. The van der Waals surface area contributed by atoms with E-state index >= 15 is 0 Å². The third-order valence-electron chi connectivity index (χ3n) is 5.84. The number of halogens is 3. The summed E-state index contributed by atoms with van der Waals surface area (Å²) in [7, 11) is -2.60. The van der Waals surface area contributed by atoms with E-state index in [4.69, 9.17) is 0 Å². The van der Waals surface area contributed by atoms with Crippen LogP contribution in [0, 0.1) is 5.92 Å². The van der Waals surface area contributed by atoms with Crippen molar-refractivity contribution in [3.05, 3.63) is 65.2 Å². The van der Waals surface area contributed by atoms with Crippen LogP contribution in [0.5, 0.6) is 0 Å². The van der Waals surface area contributed by atoms with Crippen molar-refractivity contribution in [2.24, 2.45) is 5.92 Å². The van der Waals surface area contributed by atoms with Gasteiger partial charge in [-0.3, -0.25) is 4.79 Å². The van der Waals surface area contributed by atoms with Crippen molar-refractivity contribution in [1.82, 2.24) is 9.21 Å². The minimum absolute atomic E-state index is 0.00394. The molecule has 1 amide bonds. The first kappa shape index (κ1) is 24.3. The molecule has 0 aromatic heterocycles. The average molecular weight is 469 g/mol. The lowest BCUT2D eigenvalue weighted by Crippen LogP contribution is -2.43. The Kier molecular flexibility index (Phi) is 7.29. The lowest BCUT2D eigenvalue weighted by atomic mass is 9.96. The largest absolute Gasteiger partial charge is 0.417 e. The first-order valence-electron chi connectivity index (χ1n) is 10.5. The van der Waals surface area contributed by atoms with Gasteiger partial charge in [-0.05, 0) is 42.5 Å². The van der Waals surface area contributed by atoms with Crippen LogP contribution in [0.15, 0.2) is 53.4 Å². The number of carbonyl (C=O) groups is 1. The Balaban J connectivity index is 1.64. The molecular formula is C23H27F3N2O3S. The molecule has 2 aromatic rings. The molecule has 1 aliphatic rings. The van der Waals surface area contributed by atoms with Crippen molar-refractivity contribution in [2.45, 2.75) is 43.8 Å². The summed E-state index contributed by atoms with van der Waals surface area (Å²) in [5.74, 6) is -0.448. The van der Waals surface area contributed by atoms with Crippen LogP contribution >= 0.6 is 0 Å². The van der Waals surface area contributed by atoms with Gasteiger partial charge in [0.25, 0.3) is 0 Å². The highest BCUT2D eigenvalue weighted by Gasteiger charge is 2.40. The van der Waals surface area contributed by atoms with Crippen LogP contribution in [0.25, 0.3) is 0 Å². The Hall–Kier alpha value is -2.39. The quantitative estimate of drug-likeness (QED) is 0.634. The molecule has 0 N–H and O–H groups in total. The van der Waals surface area contributed by atoms with Gasteiger partial charge >= 0.3 is 6.18 Å². The Bertz CT molecular complexity index is 1040. The van der Waals surface area contributed by atoms with Gasteiger partial charge in [-0.25, -0.2) is 8.42 Å². The number of hydrogen-bond acceptors (Lipinski definition) is 3. The molecule has 174 valence electrons. The molecule has 0 radical (unpaired) electrons. The summed E-state index contributed by atoms with van der Waals surface area (Å²) in [6, 6.07) is 12.2. The van der Waals surface area contributed by atoms with Crippen molar-refractivity contribution in [2.75, 3.05) is 20.1 Å². The number of rotatable bonds is 6. The summed E-state index contributed by atoms with van der Waals surface area (Å²) in [6.07, 6.45) is -3.29. The second-order valence-electron chi connectivity index (χ2n) is 8.04. The van der Waals surface area contributed by atoms with Crippen LogP contribution in [0.4, 0.5) is 13.2 Å². The van der Waals surface area contributed by atoms with Gasteiger partial charge < -0.3 is 4.90 Å². The molecular weight excluding hydrogens is 441 g/mol. The average Bonchev–Trinajstić information content (AvgIpc) is 2.78. The zero-order valence-electron chi connectivity index (χ0n) is 18.1. The molecule has 0 atom stereocenters. The van der Waals surface area contributed by atoms with E-state index in [1.807, 2.05) is 24.3 Å².